The SMILES string of the molecule is O=c1c2cnn(-c3ccccc3)c2ncn1/N=C\c1ccc(N2CCCCCC2)cc1. The second kappa shape index (κ2) is 8.55. The van der Waals surface area contributed by atoms with Gasteiger partial charge in [0, 0.05) is 18.8 Å². The Labute approximate surface area is 180 Å². The van der Waals surface area contributed by atoms with E-state index in [-0.39, 0.29) is 5.56 Å². The predicted molar refractivity (Wildman–Crippen MR) is 123 cm³/mol. The number of anilines is 1. The van der Waals surface area contributed by atoms with Crippen LogP contribution in [0.25, 0.3) is 16.7 Å². The molecule has 2 aromatic heterocycles. The Bertz CT molecular complexity index is 1250. The van der Waals surface area contributed by atoms with E-state index in [1.807, 2.05) is 42.5 Å². The number of fused-ring (bicyclic) bond motifs is 1. The highest BCUT2D eigenvalue weighted by Crippen LogP contribution is 2.19. The molecule has 0 atom stereocenters. The molecule has 7 heteroatoms. The highest BCUT2D eigenvalue weighted by Gasteiger charge is 2.11. The second-order valence-corrected chi connectivity index (χ2v) is 7.76. The van der Waals surface area contributed by atoms with Gasteiger partial charge in [0.2, 0.25) is 0 Å². The minimum absolute atomic E-state index is 0.246. The van der Waals surface area contributed by atoms with Crippen molar-refractivity contribution in [2.75, 3.05) is 18.0 Å². The zero-order chi connectivity index (χ0) is 21.0. The standard InChI is InChI=1S/C24H24N6O/c31-24-22-17-27-30(21-8-4-3-5-9-21)23(22)25-18-29(24)26-16-19-10-12-20(13-11-19)28-14-6-1-2-7-15-28/h3-5,8-13,16-18H,1-2,6-7,14-15H2/b26-16-. The third kappa shape index (κ3) is 3.99. The average molecular weight is 412 g/mol. The smallest absolute Gasteiger partial charge is 0.285 e. The fraction of sp³-hybridized carbons (Fsp3) is 0.250. The maximum absolute atomic E-state index is 12.8. The molecule has 156 valence electrons. The van der Waals surface area contributed by atoms with Crippen LogP contribution in [-0.2, 0) is 0 Å². The molecular weight excluding hydrogens is 388 g/mol. The molecule has 1 fully saturated rings. The summed E-state index contributed by atoms with van der Waals surface area (Å²) in [6, 6.07) is 18.0. The molecule has 1 aliphatic heterocycles. The van der Waals surface area contributed by atoms with Gasteiger partial charge in [-0.05, 0) is 42.7 Å². The van der Waals surface area contributed by atoms with Crippen molar-refractivity contribution in [2.24, 2.45) is 5.10 Å². The van der Waals surface area contributed by atoms with Gasteiger partial charge in [-0.2, -0.15) is 14.9 Å². The van der Waals surface area contributed by atoms with E-state index in [0.29, 0.717) is 11.0 Å². The number of nitrogens with zero attached hydrogens (tertiary/aromatic N) is 6. The first-order valence-electron chi connectivity index (χ1n) is 10.7. The van der Waals surface area contributed by atoms with E-state index in [0.717, 1.165) is 24.3 Å². The average Bonchev–Trinajstić information content (AvgIpc) is 3.07. The van der Waals surface area contributed by atoms with Crippen LogP contribution in [0.15, 0.2) is 77.0 Å². The number of benzene rings is 2. The van der Waals surface area contributed by atoms with Gasteiger partial charge in [0.25, 0.3) is 5.56 Å². The van der Waals surface area contributed by atoms with Crippen molar-refractivity contribution in [1.82, 2.24) is 19.4 Å². The third-order valence-electron chi connectivity index (χ3n) is 5.67. The van der Waals surface area contributed by atoms with Gasteiger partial charge in [0.05, 0.1) is 18.1 Å². The Morgan fingerprint density at radius 1 is 0.871 bits per heavy atom. The number of aromatic nitrogens is 4. The summed E-state index contributed by atoms with van der Waals surface area (Å²) in [4.78, 5) is 19.7. The Morgan fingerprint density at radius 3 is 2.35 bits per heavy atom. The van der Waals surface area contributed by atoms with Gasteiger partial charge in [-0.1, -0.05) is 43.2 Å². The molecule has 5 rings (SSSR count). The first kappa shape index (κ1) is 19.2. The first-order valence-corrected chi connectivity index (χ1v) is 10.7. The molecular formula is C24H24N6O. The van der Waals surface area contributed by atoms with Gasteiger partial charge in [-0.25, -0.2) is 9.67 Å². The molecule has 0 bridgehead atoms. The summed E-state index contributed by atoms with van der Waals surface area (Å²) in [5.74, 6) is 0. The van der Waals surface area contributed by atoms with Gasteiger partial charge in [0.1, 0.15) is 11.7 Å². The summed E-state index contributed by atoms with van der Waals surface area (Å²) < 4.78 is 2.91. The number of hydrogen-bond donors (Lipinski definition) is 0. The van der Waals surface area contributed by atoms with Crippen LogP contribution in [0.4, 0.5) is 5.69 Å². The minimum Gasteiger partial charge on any atom is -0.372 e. The van der Waals surface area contributed by atoms with E-state index in [2.05, 4.69) is 32.2 Å². The lowest BCUT2D eigenvalue weighted by Gasteiger charge is -2.22. The van der Waals surface area contributed by atoms with Gasteiger partial charge in [-0.15, -0.1) is 0 Å². The fourth-order valence-electron chi connectivity index (χ4n) is 3.97. The second-order valence-electron chi connectivity index (χ2n) is 7.76. The van der Waals surface area contributed by atoms with Crippen molar-refractivity contribution in [2.45, 2.75) is 25.7 Å². The molecule has 0 saturated carbocycles. The lowest BCUT2D eigenvalue weighted by molar-refractivity contribution is 0.726. The van der Waals surface area contributed by atoms with Crippen LogP contribution in [0.3, 0.4) is 0 Å². The molecule has 0 unspecified atom stereocenters. The Kier molecular flexibility index (Phi) is 5.31. The van der Waals surface area contributed by atoms with Gasteiger partial charge >= 0.3 is 0 Å². The van der Waals surface area contributed by atoms with Gasteiger partial charge in [0.15, 0.2) is 5.65 Å². The molecule has 1 saturated heterocycles. The predicted octanol–water partition coefficient (Wildman–Crippen LogP) is 3.84. The van der Waals surface area contributed by atoms with Crippen molar-refractivity contribution < 1.29 is 0 Å². The summed E-state index contributed by atoms with van der Waals surface area (Å²) in [6.45, 7) is 2.23. The number of hydrogen-bond acceptors (Lipinski definition) is 5. The minimum atomic E-state index is -0.246. The molecule has 7 nitrogen and oxygen atoms in total. The van der Waals surface area contributed by atoms with Crippen molar-refractivity contribution in [3.63, 3.8) is 0 Å². The Morgan fingerprint density at radius 2 is 1.61 bits per heavy atom. The van der Waals surface area contributed by atoms with Crippen LogP contribution in [0, 0.1) is 0 Å². The zero-order valence-corrected chi connectivity index (χ0v) is 17.3. The van der Waals surface area contributed by atoms with Gasteiger partial charge in [-0.3, -0.25) is 4.79 Å². The van der Waals surface area contributed by atoms with Crippen molar-refractivity contribution in [3.8, 4) is 5.69 Å². The van der Waals surface area contributed by atoms with Crippen LogP contribution < -0.4 is 10.5 Å². The molecule has 3 heterocycles. The van der Waals surface area contributed by atoms with Crippen LogP contribution in [-0.4, -0.2) is 38.7 Å². The Balaban J connectivity index is 1.38. The van der Waals surface area contributed by atoms with Crippen LogP contribution in [0.2, 0.25) is 0 Å². The van der Waals surface area contributed by atoms with Gasteiger partial charge < -0.3 is 4.90 Å². The zero-order valence-electron chi connectivity index (χ0n) is 17.3. The van der Waals surface area contributed by atoms with E-state index in [4.69, 9.17) is 0 Å². The number of para-hydroxylation sites is 1. The molecule has 0 amide bonds. The van der Waals surface area contributed by atoms with E-state index in [1.54, 1.807) is 17.1 Å². The Hall–Kier alpha value is -3.74. The number of rotatable bonds is 4. The lowest BCUT2D eigenvalue weighted by atomic mass is 10.2. The fourth-order valence-corrected chi connectivity index (χ4v) is 3.97. The maximum atomic E-state index is 12.8. The van der Waals surface area contributed by atoms with E-state index < -0.39 is 0 Å². The third-order valence-corrected chi connectivity index (χ3v) is 5.67. The maximum Gasteiger partial charge on any atom is 0.285 e. The first-order chi connectivity index (χ1) is 15.3. The van der Waals surface area contributed by atoms with E-state index in [9.17, 15) is 4.79 Å². The molecule has 0 spiro atoms. The van der Waals surface area contributed by atoms with Crippen LogP contribution in [0.5, 0.6) is 0 Å². The normalized spacial score (nSPS) is 14.9. The van der Waals surface area contributed by atoms with Crippen molar-refractivity contribution in [1.29, 1.82) is 0 Å². The highest BCUT2D eigenvalue weighted by molar-refractivity contribution is 5.80. The summed E-state index contributed by atoms with van der Waals surface area (Å²) in [5, 5.41) is 9.09. The summed E-state index contributed by atoms with van der Waals surface area (Å²) in [5.41, 5.74) is 3.31. The molecule has 0 radical (unpaired) electrons. The quantitative estimate of drug-likeness (QED) is 0.478. The topological polar surface area (TPSA) is 68.3 Å². The molecule has 2 aromatic carbocycles. The monoisotopic (exact) mass is 412 g/mol. The van der Waals surface area contributed by atoms with Crippen molar-refractivity contribution >= 4 is 22.9 Å². The largest absolute Gasteiger partial charge is 0.372 e. The van der Waals surface area contributed by atoms with E-state index >= 15 is 0 Å². The lowest BCUT2D eigenvalue weighted by Crippen LogP contribution is -2.23. The highest BCUT2D eigenvalue weighted by atomic mass is 16.1. The molecule has 31 heavy (non-hydrogen) atoms. The van der Waals surface area contributed by atoms with Crippen molar-refractivity contribution in [3.05, 3.63) is 83.0 Å². The molecule has 0 N–H and O–H groups in total. The summed E-state index contributed by atoms with van der Waals surface area (Å²) in [6.07, 6.45) is 9.80. The van der Waals surface area contributed by atoms with Crippen LogP contribution >= 0.6 is 0 Å². The molecule has 4 aromatic rings. The molecule has 0 aliphatic carbocycles. The van der Waals surface area contributed by atoms with Crippen LogP contribution in [0.1, 0.15) is 31.2 Å². The van der Waals surface area contributed by atoms with E-state index in [1.165, 1.54) is 42.4 Å². The summed E-state index contributed by atoms with van der Waals surface area (Å²) in [7, 11) is 0. The summed E-state index contributed by atoms with van der Waals surface area (Å²) >= 11 is 0. The molecule has 1 aliphatic rings.